The Morgan fingerprint density at radius 1 is 1.20 bits per heavy atom. The van der Waals surface area contributed by atoms with Gasteiger partial charge in [0.2, 0.25) is 0 Å². The Labute approximate surface area is 118 Å². The first-order chi connectivity index (χ1) is 9.39. The Kier molecular flexibility index (Phi) is 4.09. The van der Waals surface area contributed by atoms with Crippen LogP contribution in [0.15, 0.2) is 42.7 Å². The van der Waals surface area contributed by atoms with Gasteiger partial charge in [0.05, 0.1) is 10.6 Å². The molecule has 0 saturated heterocycles. The molecule has 104 valence electrons. The molecule has 0 atom stereocenters. The first kappa shape index (κ1) is 14.5. The van der Waals surface area contributed by atoms with Gasteiger partial charge in [-0.05, 0) is 17.7 Å². The maximum Gasteiger partial charge on any atom is 0.417 e. The summed E-state index contributed by atoms with van der Waals surface area (Å²) in [5.41, 5.74) is -0.841. The van der Waals surface area contributed by atoms with Gasteiger partial charge in [0.15, 0.2) is 5.78 Å². The van der Waals surface area contributed by atoms with Gasteiger partial charge >= 0.3 is 6.18 Å². The standard InChI is InChI=1S/C14H9ClF3NO/c15-12-8-19-6-5-9(12)7-13(20)10-3-1-2-4-11(10)14(16,17)18/h1-6,8H,7H2. The summed E-state index contributed by atoms with van der Waals surface area (Å²) in [7, 11) is 0. The van der Waals surface area contributed by atoms with Crippen molar-refractivity contribution < 1.29 is 18.0 Å². The monoisotopic (exact) mass is 299 g/mol. The molecular formula is C14H9ClF3NO. The summed E-state index contributed by atoms with van der Waals surface area (Å²) >= 11 is 5.85. The first-order valence-corrected chi connectivity index (χ1v) is 6.05. The average molecular weight is 300 g/mol. The number of benzene rings is 1. The number of carbonyl (C=O) groups excluding carboxylic acids is 1. The number of halogens is 4. The fourth-order valence-corrected chi connectivity index (χ4v) is 1.98. The maximum absolute atomic E-state index is 12.8. The van der Waals surface area contributed by atoms with Crippen LogP contribution >= 0.6 is 11.6 Å². The molecule has 20 heavy (non-hydrogen) atoms. The van der Waals surface area contributed by atoms with Gasteiger partial charge in [-0.15, -0.1) is 0 Å². The lowest BCUT2D eigenvalue weighted by Crippen LogP contribution is -2.14. The molecular weight excluding hydrogens is 291 g/mol. The first-order valence-electron chi connectivity index (χ1n) is 5.67. The van der Waals surface area contributed by atoms with E-state index < -0.39 is 17.5 Å². The van der Waals surface area contributed by atoms with Crippen molar-refractivity contribution in [2.75, 3.05) is 0 Å². The van der Waals surface area contributed by atoms with Crippen LogP contribution in [0.25, 0.3) is 0 Å². The number of hydrogen-bond acceptors (Lipinski definition) is 2. The summed E-state index contributed by atoms with van der Waals surface area (Å²) in [4.78, 5) is 15.8. The van der Waals surface area contributed by atoms with Gasteiger partial charge in [-0.2, -0.15) is 13.2 Å². The van der Waals surface area contributed by atoms with E-state index in [0.717, 1.165) is 6.07 Å². The number of Topliss-reactive ketones (excluding diaryl/α,β-unsaturated/α-hetero) is 1. The van der Waals surface area contributed by atoms with Crippen LogP contribution in [0.2, 0.25) is 5.02 Å². The molecule has 1 aromatic carbocycles. The highest BCUT2D eigenvalue weighted by molar-refractivity contribution is 6.31. The van der Waals surface area contributed by atoms with Gasteiger partial charge < -0.3 is 0 Å². The van der Waals surface area contributed by atoms with Gasteiger partial charge in [0.1, 0.15) is 0 Å². The van der Waals surface area contributed by atoms with E-state index >= 15 is 0 Å². The predicted molar refractivity (Wildman–Crippen MR) is 68.7 cm³/mol. The van der Waals surface area contributed by atoms with E-state index in [9.17, 15) is 18.0 Å². The Bertz CT molecular complexity index is 640. The van der Waals surface area contributed by atoms with E-state index in [-0.39, 0.29) is 17.0 Å². The smallest absolute Gasteiger partial charge is 0.294 e. The van der Waals surface area contributed by atoms with E-state index in [1.54, 1.807) is 0 Å². The molecule has 0 bridgehead atoms. The van der Waals surface area contributed by atoms with Crippen LogP contribution in [-0.2, 0) is 12.6 Å². The third-order valence-electron chi connectivity index (χ3n) is 2.74. The molecule has 0 amide bonds. The number of alkyl halides is 3. The van der Waals surface area contributed by atoms with Crippen LogP contribution in [0.5, 0.6) is 0 Å². The fourth-order valence-electron chi connectivity index (χ4n) is 1.79. The normalized spacial score (nSPS) is 11.4. The number of hydrogen-bond donors (Lipinski definition) is 0. The van der Waals surface area contributed by atoms with Gasteiger partial charge in [0.25, 0.3) is 0 Å². The molecule has 2 nitrogen and oxygen atoms in total. The van der Waals surface area contributed by atoms with Crippen molar-refractivity contribution in [1.82, 2.24) is 4.98 Å². The minimum Gasteiger partial charge on any atom is -0.294 e. The predicted octanol–water partition coefficient (Wildman–Crippen LogP) is 4.18. The molecule has 2 rings (SSSR count). The number of ketones is 1. The summed E-state index contributed by atoms with van der Waals surface area (Å²) in [5.74, 6) is -0.633. The number of pyridine rings is 1. The third kappa shape index (κ3) is 3.17. The summed E-state index contributed by atoms with van der Waals surface area (Å²) in [6.07, 6.45) is -1.98. The highest BCUT2D eigenvalue weighted by Crippen LogP contribution is 2.32. The molecule has 0 aliphatic carbocycles. The quantitative estimate of drug-likeness (QED) is 0.796. The molecule has 0 aliphatic rings. The van der Waals surface area contributed by atoms with Crippen molar-refractivity contribution >= 4 is 17.4 Å². The molecule has 0 N–H and O–H groups in total. The zero-order chi connectivity index (χ0) is 14.8. The minimum atomic E-state index is -4.56. The van der Waals surface area contributed by atoms with E-state index in [4.69, 9.17) is 11.6 Å². The van der Waals surface area contributed by atoms with Crippen molar-refractivity contribution in [3.8, 4) is 0 Å². The van der Waals surface area contributed by atoms with Gasteiger partial charge in [-0.1, -0.05) is 29.8 Å². The van der Waals surface area contributed by atoms with Crippen LogP contribution in [0, 0.1) is 0 Å². The Morgan fingerprint density at radius 2 is 1.90 bits per heavy atom. The second-order valence-corrected chi connectivity index (χ2v) is 4.52. The topological polar surface area (TPSA) is 30.0 Å². The molecule has 0 aliphatic heterocycles. The van der Waals surface area contributed by atoms with Crippen molar-refractivity contribution in [2.24, 2.45) is 0 Å². The third-order valence-corrected chi connectivity index (χ3v) is 3.08. The second kappa shape index (κ2) is 5.63. The lowest BCUT2D eigenvalue weighted by atomic mass is 9.98. The fraction of sp³-hybridized carbons (Fsp3) is 0.143. The van der Waals surface area contributed by atoms with Gasteiger partial charge in [-0.25, -0.2) is 0 Å². The largest absolute Gasteiger partial charge is 0.417 e. The van der Waals surface area contributed by atoms with Crippen LogP contribution in [0.1, 0.15) is 21.5 Å². The highest BCUT2D eigenvalue weighted by Gasteiger charge is 2.34. The minimum absolute atomic E-state index is 0.200. The molecule has 0 unspecified atom stereocenters. The number of aromatic nitrogens is 1. The SMILES string of the molecule is O=C(Cc1ccncc1Cl)c1ccccc1C(F)(F)F. The average Bonchev–Trinajstić information content (AvgIpc) is 2.40. The van der Waals surface area contributed by atoms with Crippen molar-refractivity contribution in [3.63, 3.8) is 0 Å². The van der Waals surface area contributed by atoms with Crippen LogP contribution in [-0.4, -0.2) is 10.8 Å². The zero-order valence-electron chi connectivity index (χ0n) is 10.1. The molecule has 1 heterocycles. The lowest BCUT2D eigenvalue weighted by Gasteiger charge is -2.12. The summed E-state index contributed by atoms with van der Waals surface area (Å²) in [5, 5.41) is 0.255. The van der Waals surface area contributed by atoms with E-state index in [0.29, 0.717) is 5.56 Å². The van der Waals surface area contributed by atoms with Crippen LogP contribution < -0.4 is 0 Å². The summed E-state index contributed by atoms with van der Waals surface area (Å²) in [6, 6.07) is 6.22. The van der Waals surface area contributed by atoms with E-state index in [2.05, 4.69) is 4.98 Å². The second-order valence-electron chi connectivity index (χ2n) is 4.11. The number of nitrogens with zero attached hydrogens (tertiary/aromatic N) is 1. The van der Waals surface area contributed by atoms with Crippen molar-refractivity contribution in [2.45, 2.75) is 12.6 Å². The Hall–Kier alpha value is -1.88. The molecule has 0 fully saturated rings. The number of rotatable bonds is 3. The summed E-state index contributed by atoms with van der Waals surface area (Å²) in [6.45, 7) is 0. The van der Waals surface area contributed by atoms with Crippen molar-refractivity contribution in [1.29, 1.82) is 0 Å². The molecule has 1 aromatic heterocycles. The van der Waals surface area contributed by atoms with Crippen LogP contribution in [0.3, 0.4) is 0 Å². The van der Waals surface area contributed by atoms with Gasteiger partial charge in [-0.3, -0.25) is 9.78 Å². The summed E-state index contributed by atoms with van der Waals surface area (Å²) < 4.78 is 38.5. The Morgan fingerprint density at radius 3 is 2.55 bits per heavy atom. The number of carbonyl (C=O) groups is 1. The molecule has 0 spiro atoms. The highest BCUT2D eigenvalue weighted by atomic mass is 35.5. The molecule has 0 saturated carbocycles. The molecule has 2 aromatic rings. The van der Waals surface area contributed by atoms with Gasteiger partial charge in [0, 0.05) is 24.4 Å². The van der Waals surface area contributed by atoms with Crippen molar-refractivity contribution in [3.05, 3.63) is 64.4 Å². The van der Waals surface area contributed by atoms with Crippen LogP contribution in [0.4, 0.5) is 13.2 Å². The Balaban J connectivity index is 2.34. The molecule has 6 heteroatoms. The molecule has 0 radical (unpaired) electrons. The van der Waals surface area contributed by atoms with E-state index in [1.165, 1.54) is 36.7 Å². The maximum atomic E-state index is 12.8. The van der Waals surface area contributed by atoms with E-state index in [1.807, 2.05) is 0 Å². The lowest BCUT2D eigenvalue weighted by molar-refractivity contribution is -0.137. The zero-order valence-corrected chi connectivity index (χ0v) is 10.9.